The van der Waals surface area contributed by atoms with Gasteiger partial charge in [0.25, 0.3) is 5.91 Å². The van der Waals surface area contributed by atoms with E-state index in [-0.39, 0.29) is 34.7 Å². The Bertz CT molecular complexity index is 849. The van der Waals surface area contributed by atoms with Crippen molar-refractivity contribution in [3.63, 3.8) is 0 Å². The van der Waals surface area contributed by atoms with Crippen LogP contribution in [-0.4, -0.2) is 58.5 Å². The third-order valence-corrected chi connectivity index (χ3v) is 6.23. The van der Waals surface area contributed by atoms with Gasteiger partial charge in [-0.15, -0.1) is 12.4 Å². The summed E-state index contributed by atoms with van der Waals surface area (Å²) in [6.07, 6.45) is 2.19. The number of nitrogens with one attached hydrogen (secondary N) is 2. The number of benzene rings is 1. The van der Waals surface area contributed by atoms with E-state index in [1.807, 2.05) is 0 Å². The molecular weight excluding hydrogens is 402 g/mol. The first-order valence-corrected chi connectivity index (χ1v) is 10.8. The maximum Gasteiger partial charge on any atom is 0.287 e. The van der Waals surface area contributed by atoms with Gasteiger partial charge in [-0.1, -0.05) is 18.2 Å². The van der Waals surface area contributed by atoms with Crippen LogP contribution >= 0.6 is 12.4 Å². The number of rotatable bonds is 8. The third kappa shape index (κ3) is 6.07. The Balaban J connectivity index is 0.00000280. The molecule has 7 nitrogen and oxygen atoms in total. The van der Waals surface area contributed by atoms with E-state index in [9.17, 15) is 13.2 Å². The van der Waals surface area contributed by atoms with Crippen molar-refractivity contribution in [2.75, 3.05) is 39.3 Å². The zero-order chi connectivity index (χ0) is 19.1. The number of sulfone groups is 1. The zero-order valence-corrected chi connectivity index (χ0v) is 17.2. The number of hydrogen-bond acceptors (Lipinski definition) is 6. The summed E-state index contributed by atoms with van der Waals surface area (Å²) in [5.41, 5.74) is 0.374. The molecule has 0 radical (unpaired) electrons. The van der Waals surface area contributed by atoms with Gasteiger partial charge in [0.05, 0.1) is 16.9 Å². The Hall–Kier alpha value is -1.87. The molecule has 1 amide bonds. The highest BCUT2D eigenvalue weighted by molar-refractivity contribution is 7.90. The fraction of sp³-hybridized carbons (Fsp3) is 0.421. The van der Waals surface area contributed by atoms with Gasteiger partial charge < -0.3 is 20.0 Å². The highest BCUT2D eigenvalue weighted by atomic mass is 35.5. The summed E-state index contributed by atoms with van der Waals surface area (Å²) in [5, 5.41) is 6.13. The molecule has 1 aromatic carbocycles. The summed E-state index contributed by atoms with van der Waals surface area (Å²) < 4.78 is 30.3. The van der Waals surface area contributed by atoms with Gasteiger partial charge in [0.15, 0.2) is 15.6 Å². The maximum absolute atomic E-state index is 12.5. The van der Waals surface area contributed by atoms with Gasteiger partial charge in [-0.25, -0.2) is 8.42 Å². The highest BCUT2D eigenvalue weighted by Gasteiger charge is 2.22. The standard InChI is InChI=1S/C19H25N3O4S.ClH/c23-19(21-8-4-11-22-12-9-20-10-13-22)18-16(7-14-26-18)15-27(24,25)17-5-2-1-3-6-17;/h1-3,5-7,14,20H,4,8-13,15H2,(H,21,23);1H. The molecule has 9 heteroatoms. The second-order valence-corrected chi connectivity index (χ2v) is 8.54. The molecule has 0 bridgehead atoms. The van der Waals surface area contributed by atoms with E-state index in [0.717, 1.165) is 39.1 Å². The SMILES string of the molecule is Cl.O=C(NCCCN1CCNCC1)c1occc1CS(=O)(=O)c1ccccc1. The molecule has 154 valence electrons. The van der Waals surface area contributed by atoms with Gasteiger partial charge in [0, 0.05) is 38.3 Å². The molecule has 2 aromatic rings. The molecule has 0 spiro atoms. The fourth-order valence-electron chi connectivity index (χ4n) is 3.08. The molecule has 0 unspecified atom stereocenters. The normalized spacial score (nSPS) is 15.0. The Kier molecular flexibility index (Phi) is 8.50. The molecule has 2 N–H and O–H groups in total. The first kappa shape index (κ1) is 22.4. The molecule has 0 atom stereocenters. The summed E-state index contributed by atoms with van der Waals surface area (Å²) in [7, 11) is -3.53. The van der Waals surface area contributed by atoms with E-state index < -0.39 is 9.84 Å². The number of carbonyl (C=O) groups is 1. The Labute approximate surface area is 171 Å². The van der Waals surface area contributed by atoms with E-state index in [2.05, 4.69) is 15.5 Å². The fourth-order valence-corrected chi connectivity index (χ4v) is 4.46. The van der Waals surface area contributed by atoms with Crippen molar-refractivity contribution in [3.8, 4) is 0 Å². The van der Waals surface area contributed by atoms with Crippen molar-refractivity contribution >= 4 is 28.2 Å². The van der Waals surface area contributed by atoms with Crippen LogP contribution in [0.25, 0.3) is 0 Å². The maximum atomic E-state index is 12.5. The van der Waals surface area contributed by atoms with Gasteiger partial charge in [-0.3, -0.25) is 4.79 Å². The van der Waals surface area contributed by atoms with Crippen molar-refractivity contribution in [3.05, 3.63) is 54.0 Å². The number of hydrogen-bond donors (Lipinski definition) is 2. The summed E-state index contributed by atoms with van der Waals surface area (Å²) in [5.74, 6) is -0.577. The second-order valence-electron chi connectivity index (χ2n) is 6.55. The molecule has 1 saturated heterocycles. The first-order valence-electron chi connectivity index (χ1n) is 9.12. The quantitative estimate of drug-likeness (QED) is 0.623. The number of halogens is 1. The van der Waals surface area contributed by atoms with Crippen LogP contribution in [0.2, 0.25) is 0 Å². The minimum Gasteiger partial charge on any atom is -0.459 e. The Morgan fingerprint density at radius 1 is 1.14 bits per heavy atom. The topological polar surface area (TPSA) is 91.7 Å². The lowest BCUT2D eigenvalue weighted by Gasteiger charge is -2.27. The summed E-state index contributed by atoms with van der Waals surface area (Å²) in [6, 6.07) is 9.74. The number of carbonyl (C=O) groups excluding carboxylic acids is 1. The number of nitrogens with zero attached hydrogens (tertiary/aromatic N) is 1. The van der Waals surface area contributed by atoms with Gasteiger partial charge in [0.2, 0.25) is 0 Å². The van der Waals surface area contributed by atoms with Crippen LogP contribution in [0.1, 0.15) is 22.5 Å². The van der Waals surface area contributed by atoms with Crippen molar-refractivity contribution in [1.29, 1.82) is 0 Å². The van der Waals surface area contributed by atoms with Gasteiger partial charge >= 0.3 is 0 Å². The van der Waals surface area contributed by atoms with E-state index in [1.54, 1.807) is 30.3 Å². The highest BCUT2D eigenvalue weighted by Crippen LogP contribution is 2.19. The summed E-state index contributed by atoms with van der Waals surface area (Å²) in [4.78, 5) is 15.0. The molecule has 3 rings (SSSR count). The smallest absolute Gasteiger partial charge is 0.287 e. The lowest BCUT2D eigenvalue weighted by atomic mass is 10.2. The molecule has 28 heavy (non-hydrogen) atoms. The largest absolute Gasteiger partial charge is 0.459 e. The van der Waals surface area contributed by atoms with E-state index >= 15 is 0 Å². The number of piperazine rings is 1. The van der Waals surface area contributed by atoms with Crippen LogP contribution in [0.15, 0.2) is 52.0 Å². The zero-order valence-electron chi connectivity index (χ0n) is 15.6. The van der Waals surface area contributed by atoms with Crippen molar-refractivity contribution < 1.29 is 17.6 Å². The van der Waals surface area contributed by atoms with Crippen LogP contribution in [0.4, 0.5) is 0 Å². The van der Waals surface area contributed by atoms with Crippen LogP contribution in [0.3, 0.4) is 0 Å². The van der Waals surface area contributed by atoms with E-state index in [4.69, 9.17) is 4.42 Å². The lowest BCUT2D eigenvalue weighted by molar-refractivity contribution is 0.0922. The molecular formula is C19H26ClN3O4S. The van der Waals surface area contributed by atoms with E-state index in [0.29, 0.717) is 12.1 Å². The van der Waals surface area contributed by atoms with Gasteiger partial charge in [-0.2, -0.15) is 0 Å². The predicted octanol–water partition coefficient (Wildman–Crippen LogP) is 1.70. The summed E-state index contributed by atoms with van der Waals surface area (Å²) >= 11 is 0. The molecule has 1 aliphatic rings. The molecule has 0 aliphatic carbocycles. The van der Waals surface area contributed by atoms with Crippen LogP contribution in [0, 0.1) is 0 Å². The Morgan fingerprint density at radius 3 is 2.57 bits per heavy atom. The van der Waals surface area contributed by atoms with Crippen LogP contribution in [0.5, 0.6) is 0 Å². The van der Waals surface area contributed by atoms with Crippen LogP contribution in [-0.2, 0) is 15.6 Å². The predicted molar refractivity (Wildman–Crippen MR) is 110 cm³/mol. The number of furan rings is 1. The Morgan fingerprint density at radius 2 is 1.86 bits per heavy atom. The molecule has 1 aliphatic heterocycles. The number of amides is 1. The minimum absolute atomic E-state index is 0. The van der Waals surface area contributed by atoms with Crippen molar-refractivity contribution in [2.24, 2.45) is 0 Å². The molecule has 2 heterocycles. The first-order chi connectivity index (χ1) is 13.1. The van der Waals surface area contributed by atoms with Crippen molar-refractivity contribution in [2.45, 2.75) is 17.1 Å². The van der Waals surface area contributed by atoms with Crippen LogP contribution < -0.4 is 10.6 Å². The molecule has 1 fully saturated rings. The monoisotopic (exact) mass is 427 g/mol. The van der Waals surface area contributed by atoms with Gasteiger partial charge in [-0.05, 0) is 31.2 Å². The van der Waals surface area contributed by atoms with Crippen molar-refractivity contribution in [1.82, 2.24) is 15.5 Å². The third-order valence-electron chi connectivity index (χ3n) is 4.55. The average molecular weight is 428 g/mol. The molecule has 1 aromatic heterocycles. The van der Waals surface area contributed by atoms with E-state index in [1.165, 1.54) is 12.3 Å². The second kappa shape index (κ2) is 10.6. The molecule has 0 saturated carbocycles. The minimum atomic E-state index is -3.53. The lowest BCUT2D eigenvalue weighted by Crippen LogP contribution is -2.44. The average Bonchev–Trinajstić information content (AvgIpc) is 3.14. The van der Waals surface area contributed by atoms with Gasteiger partial charge in [0.1, 0.15) is 0 Å². The summed E-state index contributed by atoms with van der Waals surface area (Å²) in [6.45, 7) is 5.49.